The average Bonchev–Trinajstić information content (AvgIpc) is 2.67. The Kier molecular flexibility index (Phi) is 7.74. The molecule has 2 aromatic carbocycles. The third-order valence-corrected chi connectivity index (χ3v) is 5.10. The predicted molar refractivity (Wildman–Crippen MR) is 101 cm³/mol. The number of hydrogen-bond donors (Lipinski definition) is 1. The van der Waals surface area contributed by atoms with Gasteiger partial charge in [0.1, 0.15) is 0 Å². The van der Waals surface area contributed by atoms with Gasteiger partial charge < -0.3 is 14.8 Å². The smallest absolute Gasteiger partial charge is 0.341 e. The molecule has 6 nitrogen and oxygen atoms in total. The van der Waals surface area contributed by atoms with Crippen LogP contribution < -0.4 is 14.8 Å². The number of rotatable bonds is 10. The van der Waals surface area contributed by atoms with E-state index >= 15 is 0 Å². The Labute approximate surface area is 162 Å². The predicted octanol–water partition coefficient (Wildman–Crippen LogP) is 3.88. The summed E-state index contributed by atoms with van der Waals surface area (Å²) in [6, 6.07) is 12.2. The van der Waals surface area contributed by atoms with Gasteiger partial charge in [0.15, 0.2) is 11.5 Å². The van der Waals surface area contributed by atoms with Crippen LogP contribution in [0, 0.1) is 0 Å². The van der Waals surface area contributed by atoms with Crippen molar-refractivity contribution >= 4 is 21.4 Å². The molecule has 2 aromatic rings. The molecule has 0 heterocycles. The molecule has 0 aliphatic carbocycles. The van der Waals surface area contributed by atoms with Crippen LogP contribution >= 0.6 is 0 Å². The van der Waals surface area contributed by atoms with Crippen LogP contribution in [0.15, 0.2) is 53.4 Å². The fraction of sp³-hybridized carbons (Fsp3) is 0.316. The number of carbonyl (C=O) groups excluding carboxylic acids is 1. The van der Waals surface area contributed by atoms with Gasteiger partial charge in [0.2, 0.25) is 15.7 Å². The van der Waals surface area contributed by atoms with Gasteiger partial charge in [0.25, 0.3) is 0 Å². The minimum absolute atomic E-state index is 0.0276. The Bertz CT molecular complexity index is 903. The number of benzene rings is 2. The van der Waals surface area contributed by atoms with Crippen molar-refractivity contribution in [1.82, 2.24) is 0 Å². The molecule has 0 radical (unpaired) electrons. The second-order valence-corrected chi connectivity index (χ2v) is 7.57. The lowest BCUT2D eigenvalue weighted by atomic mass is 10.2. The molecular formula is C19H21F2NO5S. The van der Waals surface area contributed by atoms with E-state index in [0.717, 1.165) is 6.07 Å². The topological polar surface area (TPSA) is 81.7 Å². The summed E-state index contributed by atoms with van der Waals surface area (Å²) in [4.78, 5) is 11.5. The van der Waals surface area contributed by atoms with Crippen LogP contribution in [0.1, 0.15) is 19.8 Å². The second kappa shape index (κ2) is 10.0. The first-order valence-electron chi connectivity index (χ1n) is 8.61. The molecule has 0 saturated carbocycles. The third kappa shape index (κ3) is 5.66. The Balaban J connectivity index is 1.91. The molecule has 0 aliphatic heterocycles. The summed E-state index contributed by atoms with van der Waals surface area (Å²) in [5.41, 5.74) is -0.171. The van der Waals surface area contributed by atoms with Crippen LogP contribution in [0.3, 0.4) is 0 Å². The van der Waals surface area contributed by atoms with E-state index in [1.165, 1.54) is 18.2 Å². The lowest BCUT2D eigenvalue weighted by Crippen LogP contribution is -2.18. The number of sulfone groups is 1. The Hall–Kier alpha value is -2.68. The van der Waals surface area contributed by atoms with Crippen molar-refractivity contribution in [2.75, 3.05) is 18.5 Å². The molecular weight excluding hydrogens is 392 g/mol. The molecule has 28 heavy (non-hydrogen) atoms. The first-order chi connectivity index (χ1) is 13.4. The van der Waals surface area contributed by atoms with Crippen molar-refractivity contribution in [2.24, 2.45) is 0 Å². The van der Waals surface area contributed by atoms with Gasteiger partial charge in [-0.3, -0.25) is 4.79 Å². The number of nitrogens with one attached hydrogen (secondary N) is 1. The normalized spacial score (nSPS) is 11.3. The average molecular weight is 413 g/mol. The molecule has 9 heteroatoms. The quantitative estimate of drug-likeness (QED) is 0.598. The van der Waals surface area contributed by atoms with Crippen molar-refractivity contribution in [2.45, 2.75) is 30.4 Å². The van der Waals surface area contributed by atoms with Crippen molar-refractivity contribution in [3.63, 3.8) is 0 Å². The van der Waals surface area contributed by atoms with Crippen LogP contribution in [0.2, 0.25) is 0 Å². The molecule has 152 valence electrons. The molecule has 0 fully saturated rings. The number of alkyl halides is 2. The molecule has 0 saturated heterocycles. The van der Waals surface area contributed by atoms with E-state index in [1.807, 2.05) is 13.0 Å². The summed E-state index contributed by atoms with van der Waals surface area (Å²) < 4.78 is 60.0. The van der Waals surface area contributed by atoms with Gasteiger partial charge in [-0.1, -0.05) is 24.3 Å². The molecule has 0 unspecified atom stereocenters. The van der Waals surface area contributed by atoms with Gasteiger partial charge in [-0.15, -0.1) is 0 Å². The lowest BCUT2D eigenvalue weighted by molar-refractivity contribution is -0.116. The highest BCUT2D eigenvalue weighted by Gasteiger charge is 2.29. The van der Waals surface area contributed by atoms with Gasteiger partial charge in [0, 0.05) is 6.42 Å². The first kappa shape index (κ1) is 21.6. The zero-order valence-electron chi connectivity index (χ0n) is 15.2. The summed E-state index contributed by atoms with van der Waals surface area (Å²) in [5.74, 6) is -2.92. The molecule has 0 bridgehead atoms. The lowest BCUT2D eigenvalue weighted by Gasteiger charge is -2.12. The van der Waals surface area contributed by atoms with E-state index in [2.05, 4.69) is 5.32 Å². The van der Waals surface area contributed by atoms with Crippen LogP contribution in [0.4, 0.5) is 14.5 Å². The number of para-hydroxylation sites is 3. The summed E-state index contributed by atoms with van der Waals surface area (Å²) in [6.45, 7) is 2.57. The largest absolute Gasteiger partial charge is 0.490 e. The number of ether oxygens (including phenoxy) is 2. The van der Waals surface area contributed by atoms with E-state index in [-0.39, 0.29) is 18.7 Å². The summed E-state index contributed by atoms with van der Waals surface area (Å²) >= 11 is 0. The van der Waals surface area contributed by atoms with Crippen LogP contribution in [0.5, 0.6) is 11.5 Å². The van der Waals surface area contributed by atoms with E-state index in [0.29, 0.717) is 24.5 Å². The number of anilines is 1. The summed E-state index contributed by atoms with van der Waals surface area (Å²) in [5, 5.41) is 2.37. The van der Waals surface area contributed by atoms with Gasteiger partial charge in [0.05, 0.1) is 23.8 Å². The zero-order chi connectivity index (χ0) is 20.6. The monoisotopic (exact) mass is 413 g/mol. The van der Waals surface area contributed by atoms with Gasteiger partial charge in [-0.05, 0) is 37.6 Å². The maximum atomic E-state index is 12.8. The molecule has 1 N–H and O–H groups in total. The highest BCUT2D eigenvalue weighted by atomic mass is 32.2. The third-order valence-electron chi connectivity index (χ3n) is 3.66. The maximum Gasteiger partial charge on any atom is 0.341 e. The Morgan fingerprint density at radius 3 is 2.29 bits per heavy atom. The Morgan fingerprint density at radius 2 is 1.64 bits per heavy atom. The number of amides is 1. The van der Waals surface area contributed by atoms with Crippen LogP contribution in [-0.4, -0.2) is 33.3 Å². The Morgan fingerprint density at radius 1 is 1.04 bits per heavy atom. The minimum Gasteiger partial charge on any atom is -0.490 e. The number of hydrogen-bond acceptors (Lipinski definition) is 5. The highest BCUT2D eigenvalue weighted by Crippen LogP contribution is 2.27. The molecule has 0 aromatic heterocycles. The summed E-state index contributed by atoms with van der Waals surface area (Å²) in [7, 11) is -4.81. The summed E-state index contributed by atoms with van der Waals surface area (Å²) in [6.07, 6.45) is 0.371. The van der Waals surface area contributed by atoms with Crippen molar-refractivity contribution < 1.29 is 31.5 Å². The number of halogens is 2. The van der Waals surface area contributed by atoms with Crippen molar-refractivity contribution in [3.8, 4) is 11.5 Å². The number of carbonyl (C=O) groups is 1. The fourth-order valence-corrected chi connectivity index (χ4v) is 3.27. The molecule has 0 spiro atoms. The maximum absolute atomic E-state index is 12.8. The SMILES string of the molecule is CCOc1ccccc1OCCCC(=O)Nc1ccccc1S(=O)(=O)C(F)F. The molecule has 1 amide bonds. The van der Waals surface area contributed by atoms with Crippen molar-refractivity contribution in [1.29, 1.82) is 0 Å². The standard InChI is InChI=1S/C19H21F2NO5S/c1-2-26-15-9-4-5-10-16(15)27-13-7-12-18(23)22-14-8-3-6-11-17(14)28(24,25)19(20)21/h3-6,8-11,19H,2,7,12-13H2,1H3,(H,22,23). The molecule has 2 rings (SSSR count). The minimum atomic E-state index is -4.81. The molecule has 0 aliphatic rings. The van der Waals surface area contributed by atoms with Crippen LogP contribution in [-0.2, 0) is 14.6 Å². The van der Waals surface area contributed by atoms with Gasteiger partial charge in [-0.25, -0.2) is 8.42 Å². The van der Waals surface area contributed by atoms with E-state index < -0.39 is 26.4 Å². The van der Waals surface area contributed by atoms with E-state index in [9.17, 15) is 22.0 Å². The fourth-order valence-electron chi connectivity index (χ4n) is 2.39. The van der Waals surface area contributed by atoms with Crippen LogP contribution in [0.25, 0.3) is 0 Å². The second-order valence-electron chi connectivity index (χ2n) is 5.68. The van der Waals surface area contributed by atoms with Gasteiger partial charge in [-0.2, -0.15) is 8.78 Å². The molecule has 0 atom stereocenters. The van der Waals surface area contributed by atoms with E-state index in [4.69, 9.17) is 9.47 Å². The van der Waals surface area contributed by atoms with Gasteiger partial charge >= 0.3 is 5.76 Å². The zero-order valence-corrected chi connectivity index (χ0v) is 16.0. The highest BCUT2D eigenvalue weighted by molar-refractivity contribution is 7.91. The van der Waals surface area contributed by atoms with E-state index in [1.54, 1.807) is 18.2 Å². The van der Waals surface area contributed by atoms with Crippen molar-refractivity contribution in [3.05, 3.63) is 48.5 Å². The first-order valence-corrected chi connectivity index (χ1v) is 10.2.